The monoisotopic (exact) mass is 323 g/mol. The summed E-state index contributed by atoms with van der Waals surface area (Å²) in [6, 6.07) is 14.7. The lowest BCUT2D eigenvalue weighted by molar-refractivity contribution is -0.121. The van der Waals surface area contributed by atoms with E-state index in [-0.39, 0.29) is 24.3 Å². The summed E-state index contributed by atoms with van der Waals surface area (Å²) in [7, 11) is 0. The standard InChI is InChI=1S/C19H21N3O2/c1-13-7-8-15(20)11-16(13)19(24)22-10-9-21-18(23)12-17(22)14-5-3-2-4-6-14/h2-8,11,17H,9-10,12,20H2,1H3,(H,21,23). The number of rotatable bonds is 2. The van der Waals surface area contributed by atoms with Gasteiger partial charge in [-0.25, -0.2) is 0 Å². The molecular weight excluding hydrogens is 302 g/mol. The SMILES string of the molecule is Cc1ccc(N)cc1C(=O)N1CCNC(=O)CC1c1ccccc1. The zero-order valence-electron chi connectivity index (χ0n) is 13.7. The highest BCUT2D eigenvalue weighted by Crippen LogP contribution is 2.28. The number of carbonyl (C=O) groups excluding carboxylic acids is 2. The molecule has 3 rings (SSSR count). The highest BCUT2D eigenvalue weighted by atomic mass is 16.2. The molecule has 24 heavy (non-hydrogen) atoms. The minimum absolute atomic E-state index is 0.0385. The normalized spacial score (nSPS) is 18.0. The van der Waals surface area contributed by atoms with Gasteiger partial charge in [-0.3, -0.25) is 9.59 Å². The Balaban J connectivity index is 2.00. The number of hydrogen-bond donors (Lipinski definition) is 2. The molecule has 1 fully saturated rings. The van der Waals surface area contributed by atoms with Gasteiger partial charge in [-0.05, 0) is 30.2 Å². The van der Waals surface area contributed by atoms with Gasteiger partial charge in [0.05, 0.1) is 12.5 Å². The number of nitrogens with two attached hydrogens (primary N) is 1. The lowest BCUT2D eigenvalue weighted by atomic mass is 9.99. The van der Waals surface area contributed by atoms with E-state index in [1.165, 1.54) is 0 Å². The van der Waals surface area contributed by atoms with Crippen LogP contribution in [0.3, 0.4) is 0 Å². The van der Waals surface area contributed by atoms with Crippen LogP contribution in [-0.2, 0) is 4.79 Å². The molecule has 3 N–H and O–H groups in total. The van der Waals surface area contributed by atoms with Gasteiger partial charge in [-0.15, -0.1) is 0 Å². The number of amides is 2. The fraction of sp³-hybridized carbons (Fsp3) is 0.263. The molecule has 1 unspecified atom stereocenters. The maximum Gasteiger partial charge on any atom is 0.254 e. The Hall–Kier alpha value is -2.82. The van der Waals surface area contributed by atoms with Crippen molar-refractivity contribution in [1.29, 1.82) is 0 Å². The molecule has 124 valence electrons. The number of nitrogens with zero attached hydrogens (tertiary/aromatic N) is 1. The van der Waals surface area contributed by atoms with Gasteiger partial charge >= 0.3 is 0 Å². The van der Waals surface area contributed by atoms with Crippen LogP contribution in [0.25, 0.3) is 0 Å². The fourth-order valence-corrected chi connectivity index (χ4v) is 3.07. The maximum absolute atomic E-state index is 13.1. The van der Waals surface area contributed by atoms with Crippen LogP contribution in [0.5, 0.6) is 0 Å². The second-order valence-electron chi connectivity index (χ2n) is 6.05. The largest absolute Gasteiger partial charge is 0.399 e. The number of benzene rings is 2. The molecule has 0 aromatic heterocycles. The van der Waals surface area contributed by atoms with Crippen molar-refractivity contribution < 1.29 is 9.59 Å². The summed E-state index contributed by atoms with van der Waals surface area (Å²) in [6.45, 7) is 2.82. The molecule has 1 saturated heterocycles. The summed E-state index contributed by atoms with van der Waals surface area (Å²) in [5.41, 5.74) is 8.85. The van der Waals surface area contributed by atoms with Crippen LogP contribution in [0.2, 0.25) is 0 Å². The van der Waals surface area contributed by atoms with Crippen LogP contribution < -0.4 is 11.1 Å². The van der Waals surface area contributed by atoms with E-state index in [2.05, 4.69) is 5.32 Å². The number of carbonyl (C=O) groups is 2. The van der Waals surface area contributed by atoms with Crippen molar-refractivity contribution in [3.05, 3.63) is 65.2 Å². The second kappa shape index (κ2) is 6.74. The molecule has 1 heterocycles. The molecule has 0 bridgehead atoms. The van der Waals surface area contributed by atoms with Crippen molar-refractivity contribution in [2.75, 3.05) is 18.8 Å². The first-order chi connectivity index (χ1) is 11.6. The van der Waals surface area contributed by atoms with Gasteiger partial charge in [0.1, 0.15) is 0 Å². The van der Waals surface area contributed by atoms with E-state index in [4.69, 9.17) is 5.73 Å². The van der Waals surface area contributed by atoms with Crippen molar-refractivity contribution in [2.24, 2.45) is 0 Å². The van der Waals surface area contributed by atoms with Gasteiger partial charge in [-0.2, -0.15) is 0 Å². The first-order valence-electron chi connectivity index (χ1n) is 8.05. The van der Waals surface area contributed by atoms with Gasteiger partial charge in [-0.1, -0.05) is 36.4 Å². The molecule has 0 aliphatic carbocycles. The molecule has 0 radical (unpaired) electrons. The maximum atomic E-state index is 13.1. The van der Waals surface area contributed by atoms with Gasteiger partial charge in [0, 0.05) is 24.3 Å². The van der Waals surface area contributed by atoms with Crippen LogP contribution in [0, 0.1) is 6.92 Å². The van der Waals surface area contributed by atoms with E-state index in [9.17, 15) is 9.59 Å². The summed E-state index contributed by atoms with van der Waals surface area (Å²) >= 11 is 0. The molecule has 0 saturated carbocycles. The zero-order valence-corrected chi connectivity index (χ0v) is 13.7. The predicted octanol–water partition coefficient (Wildman–Crippen LogP) is 2.28. The zero-order chi connectivity index (χ0) is 17.1. The van der Waals surface area contributed by atoms with E-state index in [0.717, 1.165) is 11.1 Å². The third-order valence-electron chi connectivity index (χ3n) is 4.37. The Kier molecular flexibility index (Phi) is 4.51. The molecule has 1 atom stereocenters. The summed E-state index contributed by atoms with van der Waals surface area (Å²) in [5.74, 6) is -0.131. The smallest absolute Gasteiger partial charge is 0.254 e. The summed E-state index contributed by atoms with van der Waals surface area (Å²) in [6.07, 6.45) is 0.261. The van der Waals surface area contributed by atoms with Crippen LogP contribution >= 0.6 is 0 Å². The first kappa shape index (κ1) is 16.1. The van der Waals surface area contributed by atoms with E-state index < -0.39 is 0 Å². The highest BCUT2D eigenvalue weighted by molar-refractivity contribution is 5.97. The molecular formula is C19H21N3O2. The first-order valence-corrected chi connectivity index (χ1v) is 8.05. The van der Waals surface area contributed by atoms with E-state index >= 15 is 0 Å². The molecule has 2 aromatic carbocycles. The van der Waals surface area contributed by atoms with E-state index in [1.54, 1.807) is 17.0 Å². The minimum Gasteiger partial charge on any atom is -0.399 e. The summed E-state index contributed by atoms with van der Waals surface area (Å²) < 4.78 is 0. The van der Waals surface area contributed by atoms with E-state index in [1.807, 2.05) is 43.3 Å². The Morgan fingerprint density at radius 2 is 1.96 bits per heavy atom. The van der Waals surface area contributed by atoms with Crippen molar-refractivity contribution >= 4 is 17.5 Å². The Labute approximate surface area is 141 Å². The summed E-state index contributed by atoms with van der Waals surface area (Å²) in [5, 5.41) is 2.85. The Bertz CT molecular complexity index is 758. The molecule has 1 aliphatic heterocycles. The topological polar surface area (TPSA) is 75.4 Å². The molecule has 2 aromatic rings. The van der Waals surface area contributed by atoms with Crippen LogP contribution in [-0.4, -0.2) is 29.8 Å². The third-order valence-corrected chi connectivity index (χ3v) is 4.37. The lowest BCUT2D eigenvalue weighted by Crippen LogP contribution is -2.37. The fourth-order valence-electron chi connectivity index (χ4n) is 3.07. The Morgan fingerprint density at radius 1 is 1.21 bits per heavy atom. The molecule has 2 amide bonds. The molecule has 0 spiro atoms. The minimum atomic E-state index is -0.276. The number of anilines is 1. The van der Waals surface area contributed by atoms with Gasteiger partial charge < -0.3 is 16.0 Å². The molecule has 5 nitrogen and oxygen atoms in total. The van der Waals surface area contributed by atoms with Crippen molar-refractivity contribution in [3.63, 3.8) is 0 Å². The van der Waals surface area contributed by atoms with Crippen molar-refractivity contribution in [1.82, 2.24) is 10.2 Å². The van der Waals surface area contributed by atoms with Gasteiger partial charge in [0.2, 0.25) is 5.91 Å². The number of nitrogen functional groups attached to an aromatic ring is 1. The third kappa shape index (κ3) is 3.25. The quantitative estimate of drug-likeness (QED) is 0.833. The van der Waals surface area contributed by atoms with Crippen molar-refractivity contribution in [3.8, 4) is 0 Å². The van der Waals surface area contributed by atoms with Crippen LogP contribution in [0.4, 0.5) is 5.69 Å². The Morgan fingerprint density at radius 3 is 2.71 bits per heavy atom. The number of aryl methyl sites for hydroxylation is 1. The van der Waals surface area contributed by atoms with Crippen LogP contribution in [0.1, 0.15) is 33.9 Å². The second-order valence-corrected chi connectivity index (χ2v) is 6.05. The number of nitrogens with one attached hydrogen (secondary N) is 1. The average Bonchev–Trinajstić information content (AvgIpc) is 2.79. The summed E-state index contributed by atoms with van der Waals surface area (Å²) in [4.78, 5) is 26.9. The highest BCUT2D eigenvalue weighted by Gasteiger charge is 2.30. The van der Waals surface area contributed by atoms with Crippen molar-refractivity contribution in [2.45, 2.75) is 19.4 Å². The van der Waals surface area contributed by atoms with Gasteiger partial charge in [0.15, 0.2) is 0 Å². The molecule has 5 heteroatoms. The van der Waals surface area contributed by atoms with E-state index in [0.29, 0.717) is 24.3 Å². The molecule has 1 aliphatic rings. The number of hydrogen-bond acceptors (Lipinski definition) is 3. The van der Waals surface area contributed by atoms with Crippen LogP contribution in [0.15, 0.2) is 48.5 Å². The predicted molar refractivity (Wildman–Crippen MR) is 93.4 cm³/mol. The average molecular weight is 323 g/mol. The van der Waals surface area contributed by atoms with Gasteiger partial charge in [0.25, 0.3) is 5.91 Å². The lowest BCUT2D eigenvalue weighted by Gasteiger charge is -2.30.